The number of allylic oxidation sites excluding steroid dienone is 1. The topological polar surface area (TPSA) is 52.3 Å². The molecule has 1 unspecified atom stereocenters. The smallest absolute Gasteiger partial charge is 0.326 e. The lowest BCUT2D eigenvalue weighted by Crippen LogP contribution is -2.47. The van der Waals surface area contributed by atoms with E-state index < -0.39 is 5.54 Å². The first-order valence-corrected chi connectivity index (χ1v) is 4.40. The second kappa shape index (κ2) is 3.75. The highest BCUT2D eigenvalue weighted by Gasteiger charge is 2.38. The molecule has 0 spiro atoms. The van der Waals surface area contributed by atoms with Crippen molar-refractivity contribution in [1.82, 2.24) is 0 Å². The molecule has 0 aliphatic heterocycles. The summed E-state index contributed by atoms with van der Waals surface area (Å²) in [5.41, 5.74) is 6.06. The Morgan fingerprint density at radius 1 is 1.92 bits per heavy atom. The SMILES string of the molecule is C=CC1=CCC(N)(C(=O)OCC)C1. The summed E-state index contributed by atoms with van der Waals surface area (Å²) in [6.07, 6.45) is 4.75. The number of nitrogens with two attached hydrogens (primary N) is 1. The molecular weight excluding hydrogens is 166 g/mol. The van der Waals surface area contributed by atoms with Gasteiger partial charge in [-0.25, -0.2) is 0 Å². The highest BCUT2D eigenvalue weighted by atomic mass is 16.5. The summed E-state index contributed by atoms with van der Waals surface area (Å²) < 4.78 is 4.89. The van der Waals surface area contributed by atoms with Crippen LogP contribution in [-0.2, 0) is 9.53 Å². The van der Waals surface area contributed by atoms with Gasteiger partial charge in [0.2, 0.25) is 0 Å². The Bertz CT molecular complexity index is 258. The summed E-state index contributed by atoms with van der Waals surface area (Å²) in [6.45, 7) is 5.79. The first-order chi connectivity index (χ1) is 6.12. The number of carbonyl (C=O) groups excluding carboxylic acids is 1. The molecule has 1 aliphatic carbocycles. The molecule has 0 amide bonds. The van der Waals surface area contributed by atoms with Crippen LogP contribution >= 0.6 is 0 Å². The van der Waals surface area contributed by atoms with E-state index in [0.29, 0.717) is 19.4 Å². The summed E-state index contributed by atoms with van der Waals surface area (Å²) in [7, 11) is 0. The van der Waals surface area contributed by atoms with Crippen LogP contribution in [0.5, 0.6) is 0 Å². The second-order valence-electron chi connectivity index (χ2n) is 3.24. The van der Waals surface area contributed by atoms with Crippen LogP contribution in [0.3, 0.4) is 0 Å². The van der Waals surface area contributed by atoms with E-state index in [0.717, 1.165) is 5.57 Å². The fraction of sp³-hybridized carbons (Fsp3) is 0.500. The Morgan fingerprint density at radius 3 is 3.08 bits per heavy atom. The molecular formula is C10H15NO2. The largest absolute Gasteiger partial charge is 0.465 e. The summed E-state index contributed by atoms with van der Waals surface area (Å²) in [6, 6.07) is 0. The van der Waals surface area contributed by atoms with Crippen molar-refractivity contribution in [3.63, 3.8) is 0 Å². The molecule has 3 heteroatoms. The molecule has 0 fully saturated rings. The average molecular weight is 181 g/mol. The maximum atomic E-state index is 11.4. The van der Waals surface area contributed by atoms with Crippen molar-refractivity contribution in [2.75, 3.05) is 6.61 Å². The van der Waals surface area contributed by atoms with Crippen LogP contribution < -0.4 is 5.73 Å². The number of carbonyl (C=O) groups is 1. The molecule has 0 aromatic rings. The van der Waals surface area contributed by atoms with Crippen molar-refractivity contribution in [3.8, 4) is 0 Å². The fourth-order valence-electron chi connectivity index (χ4n) is 1.41. The zero-order valence-electron chi connectivity index (χ0n) is 7.88. The minimum atomic E-state index is -0.848. The molecule has 1 rings (SSSR count). The maximum absolute atomic E-state index is 11.4. The normalized spacial score (nSPS) is 26.8. The second-order valence-corrected chi connectivity index (χ2v) is 3.24. The zero-order valence-corrected chi connectivity index (χ0v) is 7.88. The Kier molecular flexibility index (Phi) is 2.88. The third-order valence-corrected chi connectivity index (χ3v) is 2.19. The van der Waals surface area contributed by atoms with E-state index in [9.17, 15) is 4.79 Å². The van der Waals surface area contributed by atoms with Gasteiger partial charge in [-0.15, -0.1) is 0 Å². The summed E-state index contributed by atoms with van der Waals surface area (Å²) >= 11 is 0. The quantitative estimate of drug-likeness (QED) is 0.664. The van der Waals surface area contributed by atoms with Gasteiger partial charge in [-0.1, -0.05) is 24.3 Å². The van der Waals surface area contributed by atoms with Gasteiger partial charge in [0.05, 0.1) is 6.61 Å². The fourth-order valence-corrected chi connectivity index (χ4v) is 1.41. The Labute approximate surface area is 78.3 Å². The van der Waals surface area contributed by atoms with Crippen LogP contribution in [0.1, 0.15) is 19.8 Å². The van der Waals surface area contributed by atoms with Crippen molar-refractivity contribution in [1.29, 1.82) is 0 Å². The van der Waals surface area contributed by atoms with Crippen LogP contribution in [0, 0.1) is 0 Å². The predicted octanol–water partition coefficient (Wildman–Crippen LogP) is 1.15. The summed E-state index contributed by atoms with van der Waals surface area (Å²) in [5, 5.41) is 0. The highest BCUT2D eigenvalue weighted by molar-refractivity contribution is 5.82. The van der Waals surface area contributed by atoms with Gasteiger partial charge < -0.3 is 10.5 Å². The molecule has 1 aliphatic rings. The standard InChI is InChI=1S/C10H15NO2/c1-3-8-5-6-10(11,7-8)9(12)13-4-2/h3,5H,1,4,6-7,11H2,2H3. The average Bonchev–Trinajstić information content (AvgIpc) is 2.49. The first kappa shape index (κ1) is 9.99. The molecule has 0 saturated heterocycles. The molecule has 2 N–H and O–H groups in total. The number of rotatable bonds is 3. The molecule has 0 aromatic heterocycles. The molecule has 0 bridgehead atoms. The molecule has 0 aromatic carbocycles. The van der Waals surface area contributed by atoms with Gasteiger partial charge in [0.15, 0.2) is 0 Å². The van der Waals surface area contributed by atoms with Gasteiger partial charge in [0.1, 0.15) is 5.54 Å². The summed E-state index contributed by atoms with van der Waals surface area (Å²) in [4.78, 5) is 11.4. The lowest BCUT2D eigenvalue weighted by atomic mass is 9.97. The minimum absolute atomic E-state index is 0.317. The third-order valence-electron chi connectivity index (χ3n) is 2.19. The van der Waals surface area contributed by atoms with Crippen LogP contribution in [-0.4, -0.2) is 18.1 Å². The lowest BCUT2D eigenvalue weighted by Gasteiger charge is -2.21. The van der Waals surface area contributed by atoms with E-state index in [4.69, 9.17) is 10.5 Å². The van der Waals surface area contributed by atoms with Gasteiger partial charge in [0.25, 0.3) is 0 Å². The zero-order chi connectivity index (χ0) is 9.90. The Balaban J connectivity index is 2.61. The molecule has 72 valence electrons. The van der Waals surface area contributed by atoms with E-state index >= 15 is 0 Å². The van der Waals surface area contributed by atoms with Gasteiger partial charge in [-0.05, 0) is 13.3 Å². The third kappa shape index (κ3) is 1.98. The summed E-state index contributed by atoms with van der Waals surface area (Å²) in [5.74, 6) is -0.317. The van der Waals surface area contributed by atoms with Gasteiger partial charge in [0, 0.05) is 6.42 Å². The number of hydrogen-bond donors (Lipinski definition) is 1. The van der Waals surface area contributed by atoms with Gasteiger partial charge in [-0.2, -0.15) is 0 Å². The first-order valence-electron chi connectivity index (χ1n) is 4.40. The minimum Gasteiger partial charge on any atom is -0.465 e. The molecule has 13 heavy (non-hydrogen) atoms. The van der Waals surface area contributed by atoms with E-state index in [-0.39, 0.29) is 5.97 Å². The van der Waals surface area contributed by atoms with Crippen LogP contribution in [0.4, 0.5) is 0 Å². The number of hydrogen-bond acceptors (Lipinski definition) is 3. The van der Waals surface area contributed by atoms with Crippen molar-refractivity contribution < 1.29 is 9.53 Å². The maximum Gasteiger partial charge on any atom is 0.326 e. The predicted molar refractivity (Wildman–Crippen MR) is 51.1 cm³/mol. The molecule has 0 heterocycles. The van der Waals surface area contributed by atoms with Crippen LogP contribution in [0.25, 0.3) is 0 Å². The van der Waals surface area contributed by atoms with Crippen LogP contribution in [0.2, 0.25) is 0 Å². The van der Waals surface area contributed by atoms with Crippen molar-refractivity contribution >= 4 is 5.97 Å². The number of esters is 1. The van der Waals surface area contributed by atoms with Gasteiger partial charge >= 0.3 is 5.97 Å². The lowest BCUT2D eigenvalue weighted by molar-refractivity contribution is -0.149. The monoisotopic (exact) mass is 181 g/mol. The Hall–Kier alpha value is -1.09. The molecule has 1 atom stereocenters. The van der Waals surface area contributed by atoms with Crippen molar-refractivity contribution in [2.24, 2.45) is 5.73 Å². The van der Waals surface area contributed by atoms with E-state index in [1.54, 1.807) is 13.0 Å². The van der Waals surface area contributed by atoms with Crippen molar-refractivity contribution in [2.45, 2.75) is 25.3 Å². The van der Waals surface area contributed by atoms with Gasteiger partial charge in [-0.3, -0.25) is 4.79 Å². The molecule has 0 saturated carbocycles. The van der Waals surface area contributed by atoms with E-state index in [2.05, 4.69) is 6.58 Å². The Morgan fingerprint density at radius 2 is 2.62 bits per heavy atom. The van der Waals surface area contributed by atoms with Crippen LogP contribution in [0.15, 0.2) is 24.3 Å². The van der Waals surface area contributed by atoms with Crippen molar-refractivity contribution in [3.05, 3.63) is 24.3 Å². The van der Waals surface area contributed by atoms with E-state index in [1.807, 2.05) is 6.08 Å². The number of ether oxygens (including phenoxy) is 1. The molecule has 0 radical (unpaired) electrons. The van der Waals surface area contributed by atoms with E-state index in [1.165, 1.54) is 0 Å². The molecule has 3 nitrogen and oxygen atoms in total. The highest BCUT2D eigenvalue weighted by Crippen LogP contribution is 2.28.